The van der Waals surface area contributed by atoms with Gasteiger partial charge >= 0.3 is 0 Å². The summed E-state index contributed by atoms with van der Waals surface area (Å²) in [5.74, 6) is 0.0672. The van der Waals surface area contributed by atoms with E-state index in [2.05, 4.69) is 10.5 Å². The molecule has 0 aliphatic rings. The number of phenolic OH excluding ortho intramolecular Hbond substituents is 2. The van der Waals surface area contributed by atoms with Crippen molar-refractivity contribution >= 4 is 12.1 Å². The highest BCUT2D eigenvalue weighted by Crippen LogP contribution is 2.27. The van der Waals surface area contributed by atoms with E-state index in [9.17, 15) is 15.0 Å². The number of hydrazone groups is 1. The lowest BCUT2D eigenvalue weighted by molar-refractivity contribution is 0.0952. The number of carbonyl (C=O) groups excluding carboxylic acids is 1. The summed E-state index contributed by atoms with van der Waals surface area (Å²) in [4.78, 5) is 11.9. The zero-order valence-corrected chi connectivity index (χ0v) is 12.6. The lowest BCUT2D eigenvalue weighted by Crippen LogP contribution is -2.17. The number of benzene rings is 2. The number of aromatic hydroxyl groups is 2. The molecule has 0 spiro atoms. The molecule has 2 aromatic rings. The van der Waals surface area contributed by atoms with Gasteiger partial charge < -0.3 is 19.7 Å². The molecule has 7 heteroatoms. The van der Waals surface area contributed by atoms with Crippen LogP contribution in [0.1, 0.15) is 15.9 Å². The molecule has 0 atom stereocenters. The third-order valence-corrected chi connectivity index (χ3v) is 3.01. The largest absolute Gasteiger partial charge is 0.508 e. The Morgan fingerprint density at radius 1 is 1.09 bits per heavy atom. The number of hydrogen-bond donors (Lipinski definition) is 3. The SMILES string of the molecule is COc1ccc(C=NNC(=O)c2ccc(O)cc2O)cc1OC. The molecule has 0 bridgehead atoms. The first-order chi connectivity index (χ1) is 11.0. The molecule has 1 amide bonds. The second-order valence-electron chi connectivity index (χ2n) is 4.51. The standard InChI is InChI=1S/C16H16N2O5/c1-22-14-6-3-10(7-15(14)23-2)9-17-18-16(21)12-5-4-11(19)8-13(12)20/h3-9,19-20H,1-2H3,(H,18,21). The second-order valence-corrected chi connectivity index (χ2v) is 4.51. The molecular formula is C16H16N2O5. The number of carbonyl (C=O) groups is 1. The second kappa shape index (κ2) is 7.17. The molecule has 0 radical (unpaired) electrons. The first kappa shape index (κ1) is 16.2. The van der Waals surface area contributed by atoms with Crippen molar-refractivity contribution in [1.82, 2.24) is 5.43 Å². The van der Waals surface area contributed by atoms with Crippen LogP contribution in [0.3, 0.4) is 0 Å². The van der Waals surface area contributed by atoms with Crippen LogP contribution in [0.15, 0.2) is 41.5 Å². The fourth-order valence-electron chi connectivity index (χ4n) is 1.87. The summed E-state index contributed by atoms with van der Waals surface area (Å²) < 4.78 is 10.3. The molecular weight excluding hydrogens is 300 g/mol. The van der Waals surface area contributed by atoms with Crippen molar-refractivity contribution < 1.29 is 24.5 Å². The molecule has 0 aliphatic heterocycles. The van der Waals surface area contributed by atoms with E-state index in [0.717, 1.165) is 6.07 Å². The maximum Gasteiger partial charge on any atom is 0.275 e. The summed E-state index contributed by atoms with van der Waals surface area (Å²) in [6.07, 6.45) is 1.43. The zero-order valence-electron chi connectivity index (χ0n) is 12.6. The Labute approximate surface area is 132 Å². The monoisotopic (exact) mass is 316 g/mol. The van der Waals surface area contributed by atoms with Crippen LogP contribution < -0.4 is 14.9 Å². The van der Waals surface area contributed by atoms with Crippen molar-refractivity contribution in [2.75, 3.05) is 14.2 Å². The van der Waals surface area contributed by atoms with Crippen molar-refractivity contribution in [3.05, 3.63) is 47.5 Å². The lowest BCUT2D eigenvalue weighted by atomic mass is 10.2. The third kappa shape index (κ3) is 3.91. The fourth-order valence-corrected chi connectivity index (χ4v) is 1.87. The summed E-state index contributed by atoms with van der Waals surface area (Å²) in [6, 6.07) is 8.83. The number of nitrogens with one attached hydrogen (secondary N) is 1. The number of nitrogens with zero attached hydrogens (tertiary/aromatic N) is 1. The van der Waals surface area contributed by atoms with Crippen LogP contribution in [-0.4, -0.2) is 36.6 Å². The molecule has 0 fully saturated rings. The molecule has 0 saturated heterocycles. The molecule has 0 unspecified atom stereocenters. The predicted molar refractivity (Wildman–Crippen MR) is 84.4 cm³/mol. The van der Waals surface area contributed by atoms with Crippen molar-refractivity contribution in [3.8, 4) is 23.0 Å². The van der Waals surface area contributed by atoms with Gasteiger partial charge in [0, 0.05) is 6.07 Å². The van der Waals surface area contributed by atoms with Crippen LogP contribution in [0.5, 0.6) is 23.0 Å². The highest BCUT2D eigenvalue weighted by Gasteiger charge is 2.10. The van der Waals surface area contributed by atoms with Crippen LogP contribution in [0, 0.1) is 0 Å². The van der Waals surface area contributed by atoms with Gasteiger partial charge in [-0.3, -0.25) is 4.79 Å². The Kier molecular flexibility index (Phi) is 5.03. The van der Waals surface area contributed by atoms with Crippen molar-refractivity contribution in [1.29, 1.82) is 0 Å². The molecule has 2 rings (SSSR count). The molecule has 2 aromatic carbocycles. The van der Waals surface area contributed by atoms with Crippen molar-refractivity contribution in [2.45, 2.75) is 0 Å². The van der Waals surface area contributed by atoms with Gasteiger partial charge in [-0.2, -0.15) is 5.10 Å². The van der Waals surface area contributed by atoms with E-state index in [1.165, 1.54) is 32.6 Å². The van der Waals surface area contributed by atoms with E-state index < -0.39 is 5.91 Å². The van der Waals surface area contributed by atoms with E-state index in [4.69, 9.17) is 9.47 Å². The van der Waals surface area contributed by atoms with Gasteiger partial charge in [-0.25, -0.2) is 5.43 Å². The quantitative estimate of drug-likeness (QED) is 0.577. The molecule has 23 heavy (non-hydrogen) atoms. The average Bonchev–Trinajstić information content (AvgIpc) is 2.54. The molecule has 120 valence electrons. The molecule has 0 heterocycles. The highest BCUT2D eigenvalue weighted by atomic mass is 16.5. The Morgan fingerprint density at radius 3 is 2.48 bits per heavy atom. The van der Waals surface area contributed by atoms with Crippen molar-refractivity contribution in [3.63, 3.8) is 0 Å². The number of phenols is 2. The minimum atomic E-state index is -0.598. The lowest BCUT2D eigenvalue weighted by Gasteiger charge is -2.07. The van der Waals surface area contributed by atoms with Crippen LogP contribution >= 0.6 is 0 Å². The normalized spacial score (nSPS) is 10.5. The van der Waals surface area contributed by atoms with E-state index in [0.29, 0.717) is 17.1 Å². The average molecular weight is 316 g/mol. The van der Waals surface area contributed by atoms with Gasteiger partial charge in [0.25, 0.3) is 5.91 Å². The number of amides is 1. The van der Waals surface area contributed by atoms with E-state index in [1.807, 2.05) is 0 Å². The zero-order chi connectivity index (χ0) is 16.8. The summed E-state index contributed by atoms with van der Waals surface area (Å²) >= 11 is 0. The van der Waals surface area contributed by atoms with E-state index in [1.54, 1.807) is 18.2 Å². The molecule has 0 aromatic heterocycles. The van der Waals surface area contributed by atoms with Gasteiger partial charge in [-0.15, -0.1) is 0 Å². The van der Waals surface area contributed by atoms with Crippen LogP contribution in [0.4, 0.5) is 0 Å². The number of ether oxygens (including phenoxy) is 2. The predicted octanol–water partition coefficient (Wildman–Crippen LogP) is 1.88. The molecule has 0 saturated carbocycles. The summed E-state index contributed by atoms with van der Waals surface area (Å²) in [7, 11) is 3.06. The summed E-state index contributed by atoms with van der Waals surface area (Å²) in [6.45, 7) is 0. The van der Waals surface area contributed by atoms with E-state index in [-0.39, 0.29) is 17.1 Å². The van der Waals surface area contributed by atoms with Gasteiger partial charge in [0.2, 0.25) is 0 Å². The minimum absolute atomic E-state index is 0.00672. The van der Waals surface area contributed by atoms with Crippen LogP contribution in [-0.2, 0) is 0 Å². The minimum Gasteiger partial charge on any atom is -0.508 e. The molecule has 0 aliphatic carbocycles. The topological polar surface area (TPSA) is 100 Å². The molecule has 3 N–H and O–H groups in total. The van der Waals surface area contributed by atoms with Gasteiger partial charge in [0.05, 0.1) is 26.0 Å². The number of hydrogen-bond acceptors (Lipinski definition) is 6. The first-order valence-corrected chi connectivity index (χ1v) is 6.62. The van der Waals surface area contributed by atoms with Gasteiger partial charge in [-0.05, 0) is 35.9 Å². The highest BCUT2D eigenvalue weighted by molar-refractivity contribution is 5.97. The Hall–Kier alpha value is -3.22. The fraction of sp³-hybridized carbons (Fsp3) is 0.125. The summed E-state index contributed by atoms with van der Waals surface area (Å²) in [5, 5.41) is 22.6. The first-order valence-electron chi connectivity index (χ1n) is 6.62. The van der Waals surface area contributed by atoms with Gasteiger partial charge in [0.1, 0.15) is 11.5 Å². The summed E-state index contributed by atoms with van der Waals surface area (Å²) in [5.41, 5.74) is 2.99. The van der Waals surface area contributed by atoms with E-state index >= 15 is 0 Å². The maximum atomic E-state index is 11.9. The van der Waals surface area contributed by atoms with Crippen LogP contribution in [0.2, 0.25) is 0 Å². The Bertz CT molecular complexity index is 743. The molecule has 7 nitrogen and oxygen atoms in total. The van der Waals surface area contributed by atoms with Gasteiger partial charge in [0.15, 0.2) is 11.5 Å². The Morgan fingerprint density at radius 2 is 1.83 bits per heavy atom. The third-order valence-electron chi connectivity index (χ3n) is 3.01. The van der Waals surface area contributed by atoms with Crippen LogP contribution in [0.25, 0.3) is 0 Å². The number of rotatable bonds is 5. The number of methoxy groups -OCH3 is 2. The smallest absolute Gasteiger partial charge is 0.275 e. The van der Waals surface area contributed by atoms with Crippen molar-refractivity contribution in [2.24, 2.45) is 5.10 Å². The van der Waals surface area contributed by atoms with Gasteiger partial charge in [-0.1, -0.05) is 0 Å². The Balaban J connectivity index is 2.08. The maximum absolute atomic E-state index is 11.9.